The molecule has 0 atom stereocenters. The van der Waals surface area contributed by atoms with Crippen molar-refractivity contribution in [2.45, 2.75) is 64.3 Å². The molecule has 2 rings (SSSR count). The summed E-state index contributed by atoms with van der Waals surface area (Å²) in [6.07, 6.45) is 9.46. The number of hydrogen-bond acceptors (Lipinski definition) is 4. The Balaban J connectivity index is 1.61. The number of unbranched alkanes of at least 4 members (excludes halogenated alkanes) is 2. The monoisotopic (exact) mass is 381 g/mol. The molecule has 7 heteroatoms. The van der Waals surface area contributed by atoms with Crippen LogP contribution < -0.4 is 10.6 Å². The lowest BCUT2D eigenvalue weighted by Gasteiger charge is -2.32. The molecular formula is C20H39N5O2. The van der Waals surface area contributed by atoms with Crippen molar-refractivity contribution in [3.8, 4) is 0 Å². The van der Waals surface area contributed by atoms with E-state index in [4.69, 9.17) is 9.73 Å². The molecule has 0 aromatic rings. The fraction of sp³-hybridized carbons (Fsp3) is 0.900. The number of carbonyl (C=O) groups excluding carboxylic acids is 1. The van der Waals surface area contributed by atoms with E-state index in [-0.39, 0.29) is 6.09 Å². The summed E-state index contributed by atoms with van der Waals surface area (Å²) in [7, 11) is 1.44. The van der Waals surface area contributed by atoms with Crippen molar-refractivity contribution in [2.75, 3.05) is 52.9 Å². The zero-order chi connectivity index (χ0) is 19.3. The Morgan fingerprint density at radius 1 is 1.07 bits per heavy atom. The lowest BCUT2D eigenvalue weighted by atomic mass is 10.1. The van der Waals surface area contributed by atoms with Crippen LogP contribution >= 0.6 is 0 Å². The molecule has 156 valence electrons. The second-order valence-corrected chi connectivity index (χ2v) is 7.60. The van der Waals surface area contributed by atoms with Crippen LogP contribution in [0.2, 0.25) is 0 Å². The third-order valence-corrected chi connectivity index (χ3v) is 5.46. The molecule has 1 amide bonds. The van der Waals surface area contributed by atoms with Gasteiger partial charge >= 0.3 is 6.09 Å². The number of guanidine groups is 1. The molecule has 0 radical (unpaired) electrons. The Morgan fingerprint density at radius 3 is 2.48 bits per heavy atom. The average molecular weight is 382 g/mol. The highest BCUT2D eigenvalue weighted by molar-refractivity contribution is 5.80. The topological polar surface area (TPSA) is 69.2 Å². The number of rotatable bonds is 8. The van der Waals surface area contributed by atoms with E-state index in [9.17, 15) is 4.79 Å². The first-order valence-corrected chi connectivity index (χ1v) is 10.8. The molecule has 0 saturated carbocycles. The maximum atomic E-state index is 11.6. The summed E-state index contributed by atoms with van der Waals surface area (Å²) in [5, 5.41) is 6.87. The largest absolute Gasteiger partial charge is 0.453 e. The third-order valence-electron chi connectivity index (χ3n) is 5.46. The molecule has 0 spiro atoms. The highest BCUT2D eigenvalue weighted by Crippen LogP contribution is 2.12. The molecule has 0 aromatic heterocycles. The lowest BCUT2D eigenvalue weighted by molar-refractivity contribution is 0.111. The van der Waals surface area contributed by atoms with Crippen molar-refractivity contribution >= 4 is 12.1 Å². The van der Waals surface area contributed by atoms with Gasteiger partial charge in [0.25, 0.3) is 0 Å². The number of nitrogens with zero attached hydrogens (tertiary/aromatic N) is 3. The Labute approximate surface area is 164 Å². The van der Waals surface area contributed by atoms with Crippen LogP contribution in [0.1, 0.15) is 58.3 Å². The van der Waals surface area contributed by atoms with Crippen LogP contribution in [0.4, 0.5) is 4.79 Å². The predicted molar refractivity (Wildman–Crippen MR) is 110 cm³/mol. The number of carbonyl (C=O) groups is 1. The highest BCUT2D eigenvalue weighted by Gasteiger charge is 2.23. The quantitative estimate of drug-likeness (QED) is 0.384. The second kappa shape index (κ2) is 12.8. The van der Waals surface area contributed by atoms with Gasteiger partial charge in [0, 0.05) is 32.2 Å². The van der Waals surface area contributed by atoms with Crippen LogP contribution in [0.15, 0.2) is 4.99 Å². The van der Waals surface area contributed by atoms with E-state index in [0.717, 1.165) is 51.4 Å². The minimum atomic E-state index is -0.224. The first-order chi connectivity index (χ1) is 13.2. The molecule has 2 fully saturated rings. The average Bonchev–Trinajstić information content (AvgIpc) is 2.71. The number of ether oxygens (including phenoxy) is 1. The zero-order valence-electron chi connectivity index (χ0n) is 17.3. The third kappa shape index (κ3) is 8.37. The smallest absolute Gasteiger partial charge is 0.409 e. The summed E-state index contributed by atoms with van der Waals surface area (Å²) in [5.41, 5.74) is 0. The van der Waals surface area contributed by atoms with Crippen molar-refractivity contribution in [1.82, 2.24) is 20.4 Å². The summed E-state index contributed by atoms with van der Waals surface area (Å²) in [5.74, 6) is 0.907. The normalized spacial score (nSPS) is 19.8. The number of aliphatic imine (C=N–C) groups is 1. The summed E-state index contributed by atoms with van der Waals surface area (Å²) >= 11 is 0. The molecule has 2 heterocycles. The number of amides is 1. The molecule has 0 unspecified atom stereocenters. The van der Waals surface area contributed by atoms with Crippen LogP contribution in [-0.2, 0) is 4.74 Å². The van der Waals surface area contributed by atoms with Gasteiger partial charge in [0.15, 0.2) is 5.96 Å². The molecule has 0 bridgehead atoms. The van der Waals surface area contributed by atoms with Crippen LogP contribution in [0, 0.1) is 0 Å². The molecule has 0 aromatic carbocycles. The van der Waals surface area contributed by atoms with Crippen molar-refractivity contribution in [3.63, 3.8) is 0 Å². The number of nitrogens with one attached hydrogen (secondary N) is 2. The van der Waals surface area contributed by atoms with E-state index in [0.29, 0.717) is 6.04 Å². The molecule has 2 saturated heterocycles. The van der Waals surface area contributed by atoms with Gasteiger partial charge in [-0.2, -0.15) is 0 Å². The van der Waals surface area contributed by atoms with E-state index in [1.165, 1.54) is 58.8 Å². The van der Waals surface area contributed by atoms with Crippen LogP contribution in [0.25, 0.3) is 0 Å². The standard InChI is InChI=1S/C20H39N5O2/c1-3-21-19(23-18-10-16-25(17-11-18)20(26)27-2)22-12-6-4-7-13-24-14-8-5-9-15-24/h18H,3-17H2,1-2H3,(H2,21,22,23). The predicted octanol–water partition coefficient (Wildman–Crippen LogP) is 2.43. The Bertz CT molecular complexity index is 444. The van der Waals surface area contributed by atoms with Gasteiger partial charge in [0.2, 0.25) is 0 Å². The fourth-order valence-electron chi connectivity index (χ4n) is 3.85. The van der Waals surface area contributed by atoms with Crippen molar-refractivity contribution in [1.29, 1.82) is 0 Å². The minimum Gasteiger partial charge on any atom is -0.453 e. The van der Waals surface area contributed by atoms with E-state index in [1.54, 1.807) is 4.90 Å². The van der Waals surface area contributed by atoms with Gasteiger partial charge in [-0.05, 0) is 65.1 Å². The van der Waals surface area contributed by atoms with E-state index in [2.05, 4.69) is 22.5 Å². The van der Waals surface area contributed by atoms with Gasteiger partial charge in [0.05, 0.1) is 7.11 Å². The van der Waals surface area contributed by atoms with Crippen molar-refractivity contribution in [3.05, 3.63) is 0 Å². The Morgan fingerprint density at radius 2 is 1.81 bits per heavy atom. The summed E-state index contributed by atoms with van der Waals surface area (Å²) in [4.78, 5) is 20.7. The first-order valence-electron chi connectivity index (χ1n) is 10.8. The second-order valence-electron chi connectivity index (χ2n) is 7.60. The van der Waals surface area contributed by atoms with Gasteiger partial charge in [0.1, 0.15) is 0 Å². The lowest BCUT2D eigenvalue weighted by Crippen LogP contribution is -2.49. The van der Waals surface area contributed by atoms with Gasteiger partial charge in [-0.3, -0.25) is 4.99 Å². The maximum Gasteiger partial charge on any atom is 0.409 e. The van der Waals surface area contributed by atoms with Crippen LogP contribution in [0.3, 0.4) is 0 Å². The van der Waals surface area contributed by atoms with E-state index in [1.807, 2.05) is 0 Å². The number of hydrogen-bond donors (Lipinski definition) is 2. The Hall–Kier alpha value is -1.50. The highest BCUT2D eigenvalue weighted by atomic mass is 16.5. The number of methoxy groups -OCH3 is 1. The number of likely N-dealkylation sites (tertiary alicyclic amines) is 2. The van der Waals surface area contributed by atoms with Gasteiger partial charge in [-0.1, -0.05) is 12.8 Å². The van der Waals surface area contributed by atoms with Crippen molar-refractivity contribution in [2.24, 2.45) is 4.99 Å². The molecule has 7 nitrogen and oxygen atoms in total. The van der Waals surface area contributed by atoms with Crippen LogP contribution in [-0.4, -0.2) is 80.8 Å². The maximum absolute atomic E-state index is 11.6. The zero-order valence-corrected chi connectivity index (χ0v) is 17.3. The molecule has 27 heavy (non-hydrogen) atoms. The number of piperidine rings is 2. The molecule has 2 N–H and O–H groups in total. The molecular weight excluding hydrogens is 342 g/mol. The fourth-order valence-corrected chi connectivity index (χ4v) is 3.85. The summed E-state index contributed by atoms with van der Waals surface area (Å²) < 4.78 is 4.80. The van der Waals surface area contributed by atoms with Gasteiger partial charge < -0.3 is 25.2 Å². The molecule has 2 aliphatic rings. The SMILES string of the molecule is CCNC(=NCCCCCN1CCCCC1)NC1CCN(C(=O)OC)CC1. The van der Waals surface area contributed by atoms with Gasteiger partial charge in [-0.15, -0.1) is 0 Å². The van der Waals surface area contributed by atoms with E-state index >= 15 is 0 Å². The summed E-state index contributed by atoms with van der Waals surface area (Å²) in [6.45, 7) is 9.14. The van der Waals surface area contributed by atoms with Crippen molar-refractivity contribution < 1.29 is 9.53 Å². The van der Waals surface area contributed by atoms with E-state index < -0.39 is 0 Å². The van der Waals surface area contributed by atoms with Gasteiger partial charge in [-0.25, -0.2) is 4.79 Å². The van der Waals surface area contributed by atoms with Crippen LogP contribution in [0.5, 0.6) is 0 Å². The minimum absolute atomic E-state index is 0.224. The molecule has 2 aliphatic heterocycles. The Kier molecular flexibility index (Phi) is 10.3. The first kappa shape index (κ1) is 21.8. The summed E-state index contributed by atoms with van der Waals surface area (Å²) in [6, 6.07) is 0.364. The molecule has 0 aliphatic carbocycles.